The van der Waals surface area contributed by atoms with Crippen molar-refractivity contribution in [2.24, 2.45) is 0 Å². The zero-order valence-corrected chi connectivity index (χ0v) is 15.2. The number of carbonyl (C=O) groups is 2. The van der Waals surface area contributed by atoms with Crippen LogP contribution in [0.4, 0.5) is 13.2 Å². The summed E-state index contributed by atoms with van der Waals surface area (Å²) in [6, 6.07) is 5.89. The van der Waals surface area contributed by atoms with Crippen molar-refractivity contribution in [1.29, 1.82) is 0 Å². The smallest absolute Gasteiger partial charge is 0.347 e. The van der Waals surface area contributed by atoms with Crippen molar-refractivity contribution >= 4 is 11.8 Å². The minimum absolute atomic E-state index is 0.0530. The number of hydrogen-bond acceptors (Lipinski definition) is 3. The van der Waals surface area contributed by atoms with Gasteiger partial charge in [0.2, 0.25) is 11.8 Å². The molecule has 1 aliphatic heterocycles. The van der Waals surface area contributed by atoms with Gasteiger partial charge in [0.25, 0.3) is 0 Å². The summed E-state index contributed by atoms with van der Waals surface area (Å²) < 4.78 is 40.8. The number of aryl methyl sites for hydroxylation is 1. The summed E-state index contributed by atoms with van der Waals surface area (Å²) in [7, 11) is 0. The lowest BCUT2D eigenvalue weighted by Gasteiger charge is -2.26. The molecule has 6 nitrogen and oxygen atoms in total. The van der Waals surface area contributed by atoms with Gasteiger partial charge in [-0.3, -0.25) is 14.3 Å². The molecule has 3 rings (SSSR count). The highest BCUT2D eigenvalue weighted by molar-refractivity contribution is 5.79. The lowest BCUT2D eigenvalue weighted by molar-refractivity contribution is -0.137. The van der Waals surface area contributed by atoms with E-state index in [0.29, 0.717) is 31.5 Å². The lowest BCUT2D eigenvalue weighted by atomic mass is 10.0. The molecule has 0 aliphatic carbocycles. The molecule has 0 unspecified atom stereocenters. The molecule has 0 radical (unpaired) electrons. The van der Waals surface area contributed by atoms with E-state index in [2.05, 4.69) is 10.4 Å². The standard InChI is InChI=1S/C19H21F3N4O2/c20-19(21,22)15-5-1-4-14(12-15)16(13-25-9-2-6-18(25)28)24-17(27)7-11-26-10-3-8-23-26/h1,3-5,8,10,12,16H,2,6-7,9,11,13H2,(H,24,27)/t16-/m1/s1. The Balaban J connectivity index is 1.74. The van der Waals surface area contributed by atoms with Gasteiger partial charge in [0.1, 0.15) is 0 Å². The molecule has 28 heavy (non-hydrogen) atoms. The molecule has 2 heterocycles. The van der Waals surface area contributed by atoms with Gasteiger partial charge in [0, 0.05) is 44.9 Å². The first-order chi connectivity index (χ1) is 13.3. The summed E-state index contributed by atoms with van der Waals surface area (Å²) in [5.41, 5.74) is -0.462. The fraction of sp³-hybridized carbons (Fsp3) is 0.421. The summed E-state index contributed by atoms with van der Waals surface area (Å²) in [5, 5.41) is 6.80. The second-order valence-corrected chi connectivity index (χ2v) is 6.71. The maximum atomic E-state index is 13.1. The topological polar surface area (TPSA) is 67.2 Å². The van der Waals surface area contributed by atoms with Crippen molar-refractivity contribution in [3.63, 3.8) is 0 Å². The van der Waals surface area contributed by atoms with Crippen LogP contribution < -0.4 is 5.32 Å². The van der Waals surface area contributed by atoms with E-state index in [-0.39, 0.29) is 24.8 Å². The fourth-order valence-corrected chi connectivity index (χ4v) is 3.20. The summed E-state index contributed by atoms with van der Waals surface area (Å²) >= 11 is 0. The molecule has 1 aliphatic rings. The van der Waals surface area contributed by atoms with Gasteiger partial charge in [-0.15, -0.1) is 0 Å². The highest BCUT2D eigenvalue weighted by Crippen LogP contribution is 2.31. The Morgan fingerprint density at radius 3 is 2.75 bits per heavy atom. The molecule has 0 spiro atoms. The van der Waals surface area contributed by atoms with Crippen LogP contribution >= 0.6 is 0 Å². The highest BCUT2D eigenvalue weighted by atomic mass is 19.4. The predicted octanol–water partition coefficient (Wildman–Crippen LogP) is 2.77. The van der Waals surface area contributed by atoms with Crippen molar-refractivity contribution in [3.8, 4) is 0 Å². The van der Waals surface area contributed by atoms with Crippen molar-refractivity contribution in [2.45, 2.75) is 38.0 Å². The van der Waals surface area contributed by atoms with Gasteiger partial charge in [-0.1, -0.05) is 12.1 Å². The normalized spacial score (nSPS) is 15.7. The lowest BCUT2D eigenvalue weighted by Crippen LogP contribution is -2.39. The number of carbonyl (C=O) groups excluding carboxylic acids is 2. The number of aromatic nitrogens is 2. The summed E-state index contributed by atoms with van der Waals surface area (Å²) in [6.45, 7) is 1.04. The van der Waals surface area contributed by atoms with E-state index in [4.69, 9.17) is 0 Å². The van der Waals surface area contributed by atoms with E-state index >= 15 is 0 Å². The van der Waals surface area contributed by atoms with E-state index in [1.807, 2.05) is 0 Å². The van der Waals surface area contributed by atoms with Crippen molar-refractivity contribution in [1.82, 2.24) is 20.0 Å². The number of amides is 2. The van der Waals surface area contributed by atoms with Crippen LogP contribution in [0.3, 0.4) is 0 Å². The third-order valence-electron chi connectivity index (χ3n) is 4.65. The number of hydrogen-bond donors (Lipinski definition) is 1. The Morgan fingerprint density at radius 1 is 1.29 bits per heavy atom. The SMILES string of the molecule is O=C(CCn1cccn1)N[C@H](CN1CCCC1=O)c1cccc(C(F)(F)F)c1. The number of rotatable bonds is 7. The molecule has 1 atom stereocenters. The minimum Gasteiger partial charge on any atom is -0.347 e. The second kappa shape index (κ2) is 8.45. The minimum atomic E-state index is -4.48. The molecule has 150 valence electrons. The van der Waals surface area contributed by atoms with E-state index in [1.54, 1.807) is 28.0 Å². The van der Waals surface area contributed by atoms with Crippen LogP contribution in [0.25, 0.3) is 0 Å². The number of halogens is 3. The van der Waals surface area contributed by atoms with E-state index in [1.165, 1.54) is 12.1 Å². The predicted molar refractivity (Wildman–Crippen MR) is 95.0 cm³/mol. The Kier molecular flexibility index (Phi) is 6.01. The highest BCUT2D eigenvalue weighted by Gasteiger charge is 2.32. The van der Waals surface area contributed by atoms with Gasteiger partial charge in [0.15, 0.2) is 0 Å². The maximum absolute atomic E-state index is 13.1. The molecule has 0 bridgehead atoms. The van der Waals surface area contributed by atoms with Gasteiger partial charge in [-0.05, 0) is 30.2 Å². The molecule has 1 N–H and O–H groups in total. The summed E-state index contributed by atoms with van der Waals surface area (Å²) in [6.07, 6.45) is 0.103. The fourth-order valence-electron chi connectivity index (χ4n) is 3.20. The molecule has 1 saturated heterocycles. The first-order valence-electron chi connectivity index (χ1n) is 9.04. The van der Waals surface area contributed by atoms with Crippen LogP contribution in [0.15, 0.2) is 42.7 Å². The number of nitrogens with one attached hydrogen (secondary N) is 1. The Labute approximate surface area is 160 Å². The molecule has 2 aromatic rings. The van der Waals surface area contributed by atoms with Gasteiger partial charge < -0.3 is 10.2 Å². The quantitative estimate of drug-likeness (QED) is 0.785. The third kappa shape index (κ3) is 5.11. The molecule has 9 heteroatoms. The molecular weight excluding hydrogens is 373 g/mol. The van der Waals surface area contributed by atoms with Crippen LogP contribution in [0.1, 0.15) is 36.4 Å². The zero-order valence-electron chi connectivity index (χ0n) is 15.2. The van der Waals surface area contributed by atoms with Crippen LogP contribution in [0.5, 0.6) is 0 Å². The molecule has 1 aromatic carbocycles. The first-order valence-corrected chi connectivity index (χ1v) is 9.04. The van der Waals surface area contributed by atoms with Crippen molar-refractivity contribution < 1.29 is 22.8 Å². The zero-order chi connectivity index (χ0) is 20.1. The Hall–Kier alpha value is -2.84. The van der Waals surface area contributed by atoms with Gasteiger partial charge >= 0.3 is 6.18 Å². The van der Waals surface area contributed by atoms with Crippen LogP contribution in [0.2, 0.25) is 0 Å². The van der Waals surface area contributed by atoms with Crippen LogP contribution in [0, 0.1) is 0 Å². The number of alkyl halides is 3. The van der Waals surface area contributed by atoms with Gasteiger partial charge in [0.05, 0.1) is 11.6 Å². The molecule has 1 fully saturated rings. The van der Waals surface area contributed by atoms with E-state index in [9.17, 15) is 22.8 Å². The third-order valence-corrected chi connectivity index (χ3v) is 4.65. The number of likely N-dealkylation sites (tertiary alicyclic amines) is 1. The molecule has 1 aromatic heterocycles. The van der Waals surface area contributed by atoms with E-state index < -0.39 is 17.8 Å². The average molecular weight is 394 g/mol. The van der Waals surface area contributed by atoms with Crippen LogP contribution in [-0.4, -0.2) is 39.6 Å². The van der Waals surface area contributed by atoms with Gasteiger partial charge in [-0.25, -0.2) is 0 Å². The second-order valence-electron chi connectivity index (χ2n) is 6.71. The molecule has 0 saturated carbocycles. The summed E-state index contributed by atoms with van der Waals surface area (Å²) in [4.78, 5) is 25.9. The van der Waals surface area contributed by atoms with E-state index in [0.717, 1.165) is 12.1 Å². The monoisotopic (exact) mass is 394 g/mol. The first kappa shape index (κ1) is 19.9. The Morgan fingerprint density at radius 2 is 2.11 bits per heavy atom. The van der Waals surface area contributed by atoms with Crippen molar-refractivity contribution in [3.05, 3.63) is 53.9 Å². The number of benzene rings is 1. The molecule has 2 amide bonds. The van der Waals surface area contributed by atoms with Crippen LogP contribution in [-0.2, 0) is 22.3 Å². The Bertz CT molecular complexity index is 821. The summed E-state index contributed by atoms with van der Waals surface area (Å²) in [5.74, 6) is -0.368. The van der Waals surface area contributed by atoms with Crippen molar-refractivity contribution in [2.75, 3.05) is 13.1 Å². The number of nitrogens with zero attached hydrogens (tertiary/aromatic N) is 3. The maximum Gasteiger partial charge on any atom is 0.416 e. The molecular formula is C19H21F3N4O2. The average Bonchev–Trinajstić information content (AvgIpc) is 3.31. The largest absolute Gasteiger partial charge is 0.416 e. The van der Waals surface area contributed by atoms with Gasteiger partial charge in [-0.2, -0.15) is 18.3 Å².